The van der Waals surface area contributed by atoms with E-state index in [4.69, 9.17) is 5.73 Å². The highest BCUT2D eigenvalue weighted by Gasteiger charge is 2.20. The van der Waals surface area contributed by atoms with Gasteiger partial charge in [0, 0.05) is 18.8 Å². The number of nitrogens with zero attached hydrogens (tertiary/aromatic N) is 1. The third kappa shape index (κ3) is 3.76. The van der Waals surface area contributed by atoms with E-state index in [-0.39, 0.29) is 11.8 Å². The Morgan fingerprint density at radius 3 is 2.67 bits per heavy atom. The second-order valence-electron chi connectivity index (χ2n) is 4.66. The van der Waals surface area contributed by atoms with Gasteiger partial charge in [-0.15, -0.1) is 0 Å². The van der Waals surface area contributed by atoms with Crippen LogP contribution in [0.25, 0.3) is 0 Å². The van der Waals surface area contributed by atoms with E-state index in [1.807, 2.05) is 43.0 Å². The quantitative estimate of drug-likeness (QED) is 0.787. The number of benzene rings is 1. The number of carbonyl (C=O) groups is 1. The summed E-state index contributed by atoms with van der Waals surface area (Å²) in [6.07, 6.45) is 2.17. The Morgan fingerprint density at radius 2 is 2.11 bits per heavy atom. The molecule has 0 aliphatic carbocycles. The van der Waals surface area contributed by atoms with E-state index in [0.29, 0.717) is 5.69 Å². The Bertz CT molecular complexity index is 390. The van der Waals surface area contributed by atoms with Crippen LogP contribution in [0.4, 0.5) is 5.69 Å². The van der Waals surface area contributed by atoms with Gasteiger partial charge in [-0.05, 0) is 38.0 Å². The number of nitrogens with two attached hydrogens (primary N) is 1. The first kappa shape index (κ1) is 14.6. The van der Waals surface area contributed by atoms with E-state index < -0.39 is 0 Å². The molecule has 0 heterocycles. The lowest BCUT2D eigenvalue weighted by Crippen LogP contribution is -2.34. The van der Waals surface area contributed by atoms with Crippen LogP contribution in [-0.4, -0.2) is 23.9 Å². The molecular formula is C15H24N2O. The molecule has 0 aliphatic rings. The van der Waals surface area contributed by atoms with Crippen LogP contribution < -0.4 is 5.73 Å². The zero-order valence-corrected chi connectivity index (χ0v) is 11.6. The molecule has 0 spiro atoms. The molecule has 1 amide bonds. The molecule has 1 unspecified atom stereocenters. The standard InChI is InChI=1S/C15H24N2O/c1-4-6-10-17(5-2)15(18)12(3)13-8-7-9-14(16)11-13/h7-9,11-12H,4-6,10,16H2,1-3H3. The highest BCUT2D eigenvalue weighted by Crippen LogP contribution is 2.20. The van der Waals surface area contributed by atoms with Crippen molar-refractivity contribution < 1.29 is 4.79 Å². The largest absolute Gasteiger partial charge is 0.399 e. The van der Waals surface area contributed by atoms with Crippen molar-refractivity contribution in [2.45, 2.75) is 39.5 Å². The van der Waals surface area contributed by atoms with Crippen LogP contribution in [0.1, 0.15) is 45.1 Å². The molecule has 0 aliphatic heterocycles. The Labute approximate surface area is 110 Å². The van der Waals surface area contributed by atoms with Crippen LogP contribution >= 0.6 is 0 Å². The molecule has 0 bridgehead atoms. The Morgan fingerprint density at radius 1 is 1.39 bits per heavy atom. The number of likely N-dealkylation sites (N-methyl/N-ethyl adjacent to an activating group) is 1. The zero-order chi connectivity index (χ0) is 13.5. The van der Waals surface area contributed by atoms with Crippen LogP contribution in [-0.2, 0) is 4.79 Å². The first-order chi connectivity index (χ1) is 8.60. The van der Waals surface area contributed by atoms with E-state index in [2.05, 4.69) is 6.92 Å². The van der Waals surface area contributed by atoms with E-state index in [0.717, 1.165) is 31.5 Å². The van der Waals surface area contributed by atoms with E-state index >= 15 is 0 Å². The lowest BCUT2D eigenvalue weighted by molar-refractivity contribution is -0.132. The van der Waals surface area contributed by atoms with Gasteiger partial charge in [-0.2, -0.15) is 0 Å². The number of nitrogen functional groups attached to an aromatic ring is 1. The van der Waals surface area contributed by atoms with Crippen molar-refractivity contribution in [3.63, 3.8) is 0 Å². The molecule has 0 fully saturated rings. The van der Waals surface area contributed by atoms with Crippen molar-refractivity contribution in [3.8, 4) is 0 Å². The average molecular weight is 248 g/mol. The summed E-state index contributed by atoms with van der Waals surface area (Å²) in [4.78, 5) is 14.3. The van der Waals surface area contributed by atoms with Gasteiger partial charge in [0.1, 0.15) is 0 Å². The van der Waals surface area contributed by atoms with Crippen molar-refractivity contribution in [2.24, 2.45) is 0 Å². The van der Waals surface area contributed by atoms with Crippen molar-refractivity contribution >= 4 is 11.6 Å². The predicted molar refractivity (Wildman–Crippen MR) is 76.4 cm³/mol. The van der Waals surface area contributed by atoms with Crippen LogP contribution in [0.15, 0.2) is 24.3 Å². The van der Waals surface area contributed by atoms with E-state index in [1.54, 1.807) is 0 Å². The first-order valence-electron chi connectivity index (χ1n) is 6.74. The number of amides is 1. The molecule has 1 atom stereocenters. The molecule has 18 heavy (non-hydrogen) atoms. The fourth-order valence-electron chi connectivity index (χ4n) is 2.02. The molecular weight excluding hydrogens is 224 g/mol. The summed E-state index contributed by atoms with van der Waals surface area (Å²) >= 11 is 0. The highest BCUT2D eigenvalue weighted by atomic mass is 16.2. The predicted octanol–water partition coefficient (Wildman–Crippen LogP) is 3.02. The normalized spacial score (nSPS) is 12.2. The lowest BCUT2D eigenvalue weighted by Gasteiger charge is -2.24. The molecule has 1 aromatic carbocycles. The number of rotatable bonds is 6. The van der Waals surface area contributed by atoms with Crippen molar-refractivity contribution in [1.82, 2.24) is 4.90 Å². The summed E-state index contributed by atoms with van der Waals surface area (Å²) in [5, 5.41) is 0. The second-order valence-corrected chi connectivity index (χ2v) is 4.66. The summed E-state index contributed by atoms with van der Waals surface area (Å²) in [7, 11) is 0. The zero-order valence-electron chi connectivity index (χ0n) is 11.6. The molecule has 2 N–H and O–H groups in total. The number of carbonyl (C=O) groups excluding carboxylic acids is 1. The molecule has 0 radical (unpaired) electrons. The summed E-state index contributed by atoms with van der Waals surface area (Å²) in [6, 6.07) is 7.59. The maximum Gasteiger partial charge on any atom is 0.229 e. The molecule has 3 nitrogen and oxygen atoms in total. The summed E-state index contributed by atoms with van der Waals surface area (Å²) < 4.78 is 0. The average Bonchev–Trinajstić information content (AvgIpc) is 2.38. The number of hydrogen-bond acceptors (Lipinski definition) is 2. The van der Waals surface area contributed by atoms with Gasteiger partial charge in [-0.25, -0.2) is 0 Å². The molecule has 0 saturated carbocycles. The molecule has 0 saturated heterocycles. The van der Waals surface area contributed by atoms with Crippen LogP contribution in [0.3, 0.4) is 0 Å². The molecule has 1 rings (SSSR count). The highest BCUT2D eigenvalue weighted by molar-refractivity contribution is 5.83. The van der Waals surface area contributed by atoms with E-state index in [9.17, 15) is 4.79 Å². The number of hydrogen-bond donors (Lipinski definition) is 1. The SMILES string of the molecule is CCCCN(CC)C(=O)C(C)c1cccc(N)c1. The summed E-state index contributed by atoms with van der Waals surface area (Å²) in [5.41, 5.74) is 7.47. The van der Waals surface area contributed by atoms with Crippen molar-refractivity contribution in [2.75, 3.05) is 18.8 Å². The Balaban J connectivity index is 2.75. The minimum atomic E-state index is -0.120. The molecule has 0 aromatic heterocycles. The third-order valence-electron chi connectivity index (χ3n) is 3.26. The number of anilines is 1. The van der Waals surface area contributed by atoms with Gasteiger partial charge in [0.2, 0.25) is 5.91 Å². The monoisotopic (exact) mass is 248 g/mol. The smallest absolute Gasteiger partial charge is 0.229 e. The van der Waals surface area contributed by atoms with E-state index in [1.165, 1.54) is 0 Å². The number of unbranched alkanes of at least 4 members (excludes halogenated alkanes) is 1. The first-order valence-corrected chi connectivity index (χ1v) is 6.74. The van der Waals surface area contributed by atoms with Crippen LogP contribution in [0.2, 0.25) is 0 Å². The minimum Gasteiger partial charge on any atom is -0.399 e. The lowest BCUT2D eigenvalue weighted by atomic mass is 9.99. The van der Waals surface area contributed by atoms with Gasteiger partial charge in [-0.3, -0.25) is 4.79 Å². The maximum absolute atomic E-state index is 12.4. The van der Waals surface area contributed by atoms with Gasteiger partial charge in [0.05, 0.1) is 5.92 Å². The molecule has 3 heteroatoms. The van der Waals surface area contributed by atoms with Crippen molar-refractivity contribution in [1.29, 1.82) is 0 Å². The third-order valence-corrected chi connectivity index (χ3v) is 3.26. The maximum atomic E-state index is 12.4. The van der Waals surface area contributed by atoms with Gasteiger partial charge in [0.15, 0.2) is 0 Å². The van der Waals surface area contributed by atoms with Gasteiger partial charge in [-0.1, -0.05) is 25.5 Å². The minimum absolute atomic E-state index is 0.120. The fraction of sp³-hybridized carbons (Fsp3) is 0.533. The van der Waals surface area contributed by atoms with Gasteiger partial charge >= 0.3 is 0 Å². The summed E-state index contributed by atoms with van der Waals surface area (Å²) in [5.74, 6) is 0.0712. The van der Waals surface area contributed by atoms with Crippen LogP contribution in [0, 0.1) is 0 Å². The topological polar surface area (TPSA) is 46.3 Å². The molecule has 100 valence electrons. The van der Waals surface area contributed by atoms with Gasteiger partial charge in [0.25, 0.3) is 0 Å². The van der Waals surface area contributed by atoms with Gasteiger partial charge < -0.3 is 10.6 Å². The Hall–Kier alpha value is -1.51. The van der Waals surface area contributed by atoms with Crippen LogP contribution in [0.5, 0.6) is 0 Å². The fourth-order valence-corrected chi connectivity index (χ4v) is 2.02. The molecule has 1 aromatic rings. The second kappa shape index (κ2) is 7.04. The summed E-state index contributed by atoms with van der Waals surface area (Å²) in [6.45, 7) is 7.73. The van der Waals surface area contributed by atoms with Crippen molar-refractivity contribution in [3.05, 3.63) is 29.8 Å². The Kier molecular flexibility index (Phi) is 5.69.